The molecule has 25 heavy (non-hydrogen) atoms. The summed E-state index contributed by atoms with van der Waals surface area (Å²) >= 11 is 1.32. The Bertz CT molecular complexity index is 721. The van der Waals surface area contributed by atoms with E-state index in [0.717, 1.165) is 37.5 Å². The molecule has 4 nitrogen and oxygen atoms in total. The normalized spacial score (nSPS) is 16.0. The molecule has 1 aliphatic rings. The maximum absolute atomic E-state index is 12.5. The van der Waals surface area contributed by atoms with Crippen molar-refractivity contribution in [2.75, 3.05) is 18.4 Å². The fourth-order valence-corrected chi connectivity index (χ4v) is 3.46. The van der Waals surface area contributed by atoms with Gasteiger partial charge in [0.05, 0.1) is 11.3 Å². The quantitative estimate of drug-likeness (QED) is 0.869. The second-order valence-corrected chi connectivity index (χ2v) is 6.87. The Kier molecular flexibility index (Phi) is 5.39. The van der Waals surface area contributed by atoms with Crippen molar-refractivity contribution in [1.29, 1.82) is 0 Å². The Morgan fingerprint density at radius 1 is 1.16 bits per heavy atom. The van der Waals surface area contributed by atoms with E-state index in [4.69, 9.17) is 0 Å². The van der Waals surface area contributed by atoms with Crippen LogP contribution in [-0.2, 0) is 12.7 Å². The first-order chi connectivity index (χ1) is 11.9. The lowest BCUT2D eigenvalue weighted by molar-refractivity contribution is -0.137. The van der Waals surface area contributed by atoms with Crippen LogP contribution in [0.4, 0.5) is 18.3 Å². The van der Waals surface area contributed by atoms with Gasteiger partial charge in [-0.1, -0.05) is 6.42 Å². The van der Waals surface area contributed by atoms with Crippen LogP contribution in [0.2, 0.25) is 0 Å². The summed E-state index contributed by atoms with van der Waals surface area (Å²) in [7, 11) is 0. The van der Waals surface area contributed by atoms with Gasteiger partial charge in [-0.2, -0.15) is 13.2 Å². The summed E-state index contributed by atoms with van der Waals surface area (Å²) in [6.45, 7) is 2.88. The minimum Gasteiger partial charge on any atom is -0.298 e. The molecule has 2 aromatic rings. The molecule has 1 aromatic carbocycles. The number of nitrogens with zero attached hydrogens (tertiary/aromatic N) is 2. The summed E-state index contributed by atoms with van der Waals surface area (Å²) in [5.74, 6) is -0.465. The average molecular weight is 369 g/mol. The molecule has 0 spiro atoms. The molecular weight excluding hydrogens is 351 g/mol. The Balaban J connectivity index is 1.59. The van der Waals surface area contributed by atoms with Crippen LogP contribution < -0.4 is 5.32 Å². The molecule has 0 aliphatic carbocycles. The Morgan fingerprint density at radius 3 is 2.48 bits per heavy atom. The first-order valence-corrected chi connectivity index (χ1v) is 8.95. The highest BCUT2D eigenvalue weighted by atomic mass is 32.1. The number of alkyl halides is 3. The van der Waals surface area contributed by atoms with Crippen molar-refractivity contribution < 1.29 is 18.0 Å². The molecule has 1 aliphatic heterocycles. The van der Waals surface area contributed by atoms with E-state index in [1.807, 2.05) is 5.38 Å². The molecule has 1 amide bonds. The summed E-state index contributed by atoms with van der Waals surface area (Å²) in [5, 5.41) is 5.00. The largest absolute Gasteiger partial charge is 0.416 e. The predicted molar refractivity (Wildman–Crippen MR) is 90.6 cm³/mol. The zero-order valence-electron chi connectivity index (χ0n) is 13.5. The van der Waals surface area contributed by atoms with E-state index in [9.17, 15) is 18.0 Å². The lowest BCUT2D eigenvalue weighted by Gasteiger charge is -2.25. The predicted octanol–water partition coefficient (Wildman–Crippen LogP) is 4.40. The van der Waals surface area contributed by atoms with Gasteiger partial charge in [-0.05, 0) is 50.2 Å². The van der Waals surface area contributed by atoms with Gasteiger partial charge in [0.25, 0.3) is 5.91 Å². The maximum atomic E-state index is 12.5. The van der Waals surface area contributed by atoms with Crippen molar-refractivity contribution in [3.63, 3.8) is 0 Å². The smallest absolute Gasteiger partial charge is 0.298 e. The number of rotatable bonds is 4. The molecule has 3 rings (SSSR count). The Labute approximate surface area is 147 Å². The third kappa shape index (κ3) is 4.79. The highest BCUT2D eigenvalue weighted by Gasteiger charge is 2.30. The molecule has 2 heterocycles. The number of nitrogens with one attached hydrogen (secondary N) is 1. The van der Waals surface area contributed by atoms with E-state index in [1.165, 1.54) is 42.7 Å². The number of hydrogen-bond donors (Lipinski definition) is 1. The standard InChI is InChI=1S/C17H18F3N3OS/c18-17(19,20)13-6-4-12(5-7-13)15(24)22-16-21-14(11-25-16)10-23-8-2-1-3-9-23/h4-7,11H,1-3,8-10H2,(H,21,22,24). The van der Waals surface area contributed by atoms with Crippen LogP contribution in [0, 0.1) is 0 Å². The number of amides is 1. The Hall–Kier alpha value is -1.93. The van der Waals surface area contributed by atoms with Crippen molar-refractivity contribution in [3.05, 3.63) is 46.5 Å². The van der Waals surface area contributed by atoms with Gasteiger partial charge in [-0.15, -0.1) is 11.3 Å². The Morgan fingerprint density at radius 2 is 1.84 bits per heavy atom. The number of anilines is 1. The van der Waals surface area contributed by atoms with Gasteiger partial charge in [-0.3, -0.25) is 15.0 Å². The van der Waals surface area contributed by atoms with Gasteiger partial charge in [0.1, 0.15) is 0 Å². The zero-order valence-corrected chi connectivity index (χ0v) is 14.3. The molecule has 0 saturated carbocycles. The third-order valence-electron chi connectivity index (χ3n) is 4.08. The number of benzene rings is 1. The molecule has 1 aromatic heterocycles. The lowest BCUT2D eigenvalue weighted by Crippen LogP contribution is -2.29. The van der Waals surface area contributed by atoms with Crippen molar-refractivity contribution in [2.45, 2.75) is 32.0 Å². The van der Waals surface area contributed by atoms with E-state index in [1.54, 1.807) is 0 Å². The molecule has 0 unspecified atom stereocenters. The summed E-state index contributed by atoms with van der Waals surface area (Å²) in [4.78, 5) is 18.9. The van der Waals surface area contributed by atoms with Crippen LogP contribution in [0.1, 0.15) is 40.9 Å². The highest BCUT2D eigenvalue weighted by molar-refractivity contribution is 7.13. The first kappa shape index (κ1) is 17.9. The lowest BCUT2D eigenvalue weighted by atomic mass is 10.1. The van der Waals surface area contributed by atoms with E-state index in [2.05, 4.69) is 15.2 Å². The zero-order chi connectivity index (χ0) is 17.9. The van der Waals surface area contributed by atoms with Crippen LogP contribution in [-0.4, -0.2) is 28.9 Å². The minimum atomic E-state index is -4.41. The number of piperidine rings is 1. The van der Waals surface area contributed by atoms with Gasteiger partial charge in [-0.25, -0.2) is 4.98 Å². The third-order valence-corrected chi connectivity index (χ3v) is 4.89. The van der Waals surface area contributed by atoms with E-state index in [0.29, 0.717) is 5.13 Å². The van der Waals surface area contributed by atoms with Gasteiger partial charge >= 0.3 is 6.18 Å². The van der Waals surface area contributed by atoms with Crippen LogP contribution >= 0.6 is 11.3 Å². The summed E-state index contributed by atoms with van der Waals surface area (Å²) in [6.07, 6.45) is -0.751. The van der Waals surface area contributed by atoms with Gasteiger partial charge in [0, 0.05) is 17.5 Å². The van der Waals surface area contributed by atoms with Gasteiger partial charge < -0.3 is 0 Å². The van der Waals surface area contributed by atoms with Crippen LogP contribution in [0.5, 0.6) is 0 Å². The second-order valence-electron chi connectivity index (χ2n) is 6.01. The molecule has 0 radical (unpaired) electrons. The number of carbonyl (C=O) groups is 1. The summed E-state index contributed by atoms with van der Waals surface area (Å²) in [6, 6.07) is 4.14. The van der Waals surface area contributed by atoms with Gasteiger partial charge in [0.15, 0.2) is 5.13 Å². The SMILES string of the molecule is O=C(Nc1nc(CN2CCCCC2)cs1)c1ccc(C(F)(F)F)cc1. The molecule has 8 heteroatoms. The summed E-state index contributed by atoms with van der Waals surface area (Å²) < 4.78 is 37.6. The number of halogens is 3. The second kappa shape index (κ2) is 7.53. The molecular formula is C17H18F3N3OS. The monoisotopic (exact) mass is 369 g/mol. The highest BCUT2D eigenvalue weighted by Crippen LogP contribution is 2.29. The molecule has 1 saturated heterocycles. The fraction of sp³-hybridized carbons (Fsp3) is 0.412. The van der Waals surface area contributed by atoms with E-state index < -0.39 is 17.6 Å². The number of aromatic nitrogens is 1. The molecule has 134 valence electrons. The minimum absolute atomic E-state index is 0.167. The van der Waals surface area contributed by atoms with Crippen molar-refractivity contribution in [1.82, 2.24) is 9.88 Å². The first-order valence-electron chi connectivity index (χ1n) is 8.07. The maximum Gasteiger partial charge on any atom is 0.416 e. The van der Waals surface area contributed by atoms with Crippen molar-refractivity contribution in [3.8, 4) is 0 Å². The average Bonchev–Trinajstić information content (AvgIpc) is 3.02. The molecule has 1 fully saturated rings. The van der Waals surface area contributed by atoms with Crippen LogP contribution in [0.25, 0.3) is 0 Å². The fourth-order valence-electron chi connectivity index (χ4n) is 2.76. The summed E-state index contributed by atoms with van der Waals surface area (Å²) in [5.41, 5.74) is 0.289. The van der Waals surface area contributed by atoms with Crippen molar-refractivity contribution in [2.24, 2.45) is 0 Å². The van der Waals surface area contributed by atoms with Crippen molar-refractivity contribution >= 4 is 22.4 Å². The van der Waals surface area contributed by atoms with Gasteiger partial charge in [0.2, 0.25) is 0 Å². The molecule has 0 bridgehead atoms. The molecule has 1 N–H and O–H groups in total. The number of thiazole rings is 1. The molecule has 0 atom stereocenters. The topological polar surface area (TPSA) is 45.2 Å². The number of likely N-dealkylation sites (tertiary alicyclic amines) is 1. The van der Waals surface area contributed by atoms with E-state index >= 15 is 0 Å². The van der Waals surface area contributed by atoms with Crippen LogP contribution in [0.15, 0.2) is 29.6 Å². The van der Waals surface area contributed by atoms with Crippen LogP contribution in [0.3, 0.4) is 0 Å². The van der Waals surface area contributed by atoms with E-state index in [-0.39, 0.29) is 5.56 Å². The number of carbonyl (C=O) groups excluding carboxylic acids is 1. The number of hydrogen-bond acceptors (Lipinski definition) is 4.